The summed E-state index contributed by atoms with van der Waals surface area (Å²) in [7, 11) is 0. The molecule has 2 rings (SSSR count). The molecule has 100 valence electrons. The molecule has 0 bridgehead atoms. The predicted octanol–water partition coefficient (Wildman–Crippen LogP) is 0.564. The van der Waals surface area contributed by atoms with Crippen LogP contribution in [0.3, 0.4) is 0 Å². The molecule has 0 radical (unpaired) electrons. The van der Waals surface area contributed by atoms with Gasteiger partial charge in [-0.15, -0.1) is 0 Å². The van der Waals surface area contributed by atoms with Gasteiger partial charge in [0.25, 0.3) is 0 Å². The van der Waals surface area contributed by atoms with Gasteiger partial charge in [0.2, 0.25) is 0 Å². The van der Waals surface area contributed by atoms with Gasteiger partial charge in [0.05, 0.1) is 19.5 Å². The Labute approximate surface area is 105 Å². The highest BCUT2D eigenvalue weighted by Crippen LogP contribution is 2.30. The minimum atomic E-state index is -1.34. The lowest BCUT2D eigenvalue weighted by molar-refractivity contribution is -0.0116. The molecule has 1 saturated heterocycles. The van der Waals surface area contributed by atoms with E-state index < -0.39 is 11.6 Å². The standard InChI is InChI=1S/C12H17NO5/c1-12(16,6-8-7-17-5-3-13-8)10-9(11(14)15)2-4-18-10/h2,4,8,13,16H,3,5-7H2,1H3,(H,14,15). The van der Waals surface area contributed by atoms with Gasteiger partial charge >= 0.3 is 5.97 Å². The first-order valence-corrected chi connectivity index (χ1v) is 5.85. The van der Waals surface area contributed by atoms with E-state index in [1.807, 2.05) is 0 Å². The summed E-state index contributed by atoms with van der Waals surface area (Å²) in [6, 6.07) is 1.33. The van der Waals surface area contributed by atoms with Gasteiger partial charge in [-0.05, 0) is 13.0 Å². The maximum Gasteiger partial charge on any atom is 0.339 e. The summed E-state index contributed by atoms with van der Waals surface area (Å²) in [6.07, 6.45) is 1.61. The van der Waals surface area contributed by atoms with Gasteiger partial charge in [0.1, 0.15) is 16.9 Å². The van der Waals surface area contributed by atoms with Gasteiger partial charge in [-0.25, -0.2) is 4.79 Å². The molecule has 1 aromatic rings. The molecular weight excluding hydrogens is 238 g/mol. The van der Waals surface area contributed by atoms with E-state index in [1.165, 1.54) is 12.3 Å². The Hall–Kier alpha value is -1.37. The molecule has 1 aliphatic heterocycles. The van der Waals surface area contributed by atoms with Crippen molar-refractivity contribution in [2.75, 3.05) is 19.8 Å². The van der Waals surface area contributed by atoms with Crippen molar-refractivity contribution < 1.29 is 24.2 Å². The maximum atomic E-state index is 11.0. The summed E-state index contributed by atoms with van der Waals surface area (Å²) in [5.74, 6) is -1.02. The fraction of sp³-hybridized carbons (Fsp3) is 0.583. The summed E-state index contributed by atoms with van der Waals surface area (Å²) in [5, 5.41) is 22.6. The second kappa shape index (κ2) is 5.09. The van der Waals surface area contributed by atoms with Crippen molar-refractivity contribution in [3.63, 3.8) is 0 Å². The third-order valence-electron chi connectivity index (χ3n) is 3.03. The van der Waals surface area contributed by atoms with E-state index in [0.29, 0.717) is 19.6 Å². The Balaban J connectivity index is 2.13. The van der Waals surface area contributed by atoms with Crippen molar-refractivity contribution in [3.8, 4) is 0 Å². The minimum Gasteiger partial charge on any atom is -0.478 e. The summed E-state index contributed by atoms with van der Waals surface area (Å²) in [5.41, 5.74) is -1.34. The van der Waals surface area contributed by atoms with Gasteiger partial charge in [-0.2, -0.15) is 0 Å². The van der Waals surface area contributed by atoms with Gasteiger partial charge in [0.15, 0.2) is 0 Å². The molecule has 1 aliphatic rings. The van der Waals surface area contributed by atoms with Crippen LogP contribution < -0.4 is 5.32 Å². The molecular formula is C12H17NO5. The van der Waals surface area contributed by atoms with Crippen LogP contribution in [0.2, 0.25) is 0 Å². The number of aliphatic hydroxyl groups is 1. The molecule has 1 aromatic heterocycles. The number of nitrogens with one attached hydrogen (secondary N) is 1. The van der Waals surface area contributed by atoms with Crippen molar-refractivity contribution in [1.82, 2.24) is 5.32 Å². The topological polar surface area (TPSA) is 91.9 Å². The number of carbonyl (C=O) groups is 1. The summed E-state index contributed by atoms with van der Waals surface area (Å²) < 4.78 is 10.4. The highest BCUT2D eigenvalue weighted by atomic mass is 16.5. The van der Waals surface area contributed by atoms with Crippen LogP contribution in [0.15, 0.2) is 16.7 Å². The zero-order chi connectivity index (χ0) is 13.2. The molecule has 3 N–H and O–H groups in total. The quantitative estimate of drug-likeness (QED) is 0.728. The number of morpholine rings is 1. The number of carboxylic acid groups (broad SMARTS) is 1. The van der Waals surface area contributed by atoms with E-state index in [1.54, 1.807) is 6.92 Å². The third-order valence-corrected chi connectivity index (χ3v) is 3.03. The molecule has 0 amide bonds. The first-order valence-electron chi connectivity index (χ1n) is 5.85. The van der Waals surface area contributed by atoms with E-state index in [9.17, 15) is 9.90 Å². The van der Waals surface area contributed by atoms with Crippen LogP contribution in [0.4, 0.5) is 0 Å². The monoisotopic (exact) mass is 255 g/mol. The van der Waals surface area contributed by atoms with Crippen LogP contribution in [0, 0.1) is 0 Å². The maximum absolute atomic E-state index is 11.0. The van der Waals surface area contributed by atoms with Crippen molar-refractivity contribution in [3.05, 3.63) is 23.7 Å². The van der Waals surface area contributed by atoms with Gasteiger partial charge in [-0.3, -0.25) is 0 Å². The number of hydrogen-bond acceptors (Lipinski definition) is 5. The Morgan fingerprint density at radius 1 is 1.67 bits per heavy atom. The molecule has 18 heavy (non-hydrogen) atoms. The smallest absolute Gasteiger partial charge is 0.339 e. The summed E-state index contributed by atoms with van der Waals surface area (Å²) in [4.78, 5) is 11.0. The fourth-order valence-electron chi connectivity index (χ4n) is 2.22. The molecule has 2 heterocycles. The van der Waals surface area contributed by atoms with Crippen LogP contribution in [0.1, 0.15) is 29.5 Å². The lowest BCUT2D eigenvalue weighted by Crippen LogP contribution is -2.45. The van der Waals surface area contributed by atoms with Crippen LogP contribution in [-0.2, 0) is 10.3 Å². The predicted molar refractivity (Wildman–Crippen MR) is 62.5 cm³/mol. The molecule has 2 atom stereocenters. The second-order valence-corrected chi connectivity index (χ2v) is 4.67. The molecule has 6 nitrogen and oxygen atoms in total. The van der Waals surface area contributed by atoms with Crippen molar-refractivity contribution in [1.29, 1.82) is 0 Å². The van der Waals surface area contributed by atoms with Crippen LogP contribution in [0.25, 0.3) is 0 Å². The second-order valence-electron chi connectivity index (χ2n) is 4.67. The highest BCUT2D eigenvalue weighted by Gasteiger charge is 2.35. The lowest BCUT2D eigenvalue weighted by atomic mass is 9.91. The van der Waals surface area contributed by atoms with Crippen LogP contribution >= 0.6 is 0 Å². The van der Waals surface area contributed by atoms with Crippen molar-refractivity contribution in [2.24, 2.45) is 0 Å². The molecule has 6 heteroatoms. The summed E-state index contributed by atoms with van der Waals surface area (Å²) >= 11 is 0. The largest absolute Gasteiger partial charge is 0.478 e. The minimum absolute atomic E-state index is 0.00303. The molecule has 0 aliphatic carbocycles. The van der Waals surface area contributed by atoms with Gasteiger partial charge in [-0.1, -0.05) is 0 Å². The Bertz CT molecular complexity index is 420. The Kier molecular flexibility index (Phi) is 3.70. The number of furan rings is 1. The molecule has 2 unspecified atom stereocenters. The van der Waals surface area contributed by atoms with E-state index in [0.717, 1.165) is 6.54 Å². The van der Waals surface area contributed by atoms with Gasteiger partial charge < -0.3 is 24.7 Å². The molecule has 0 aromatic carbocycles. The first kappa shape index (κ1) is 13.1. The normalized spacial score (nSPS) is 23.6. The molecule has 0 spiro atoms. The third kappa shape index (κ3) is 2.72. The number of hydrogen-bond donors (Lipinski definition) is 3. The summed E-state index contributed by atoms with van der Waals surface area (Å²) in [6.45, 7) is 3.43. The highest BCUT2D eigenvalue weighted by molar-refractivity contribution is 5.88. The fourth-order valence-corrected chi connectivity index (χ4v) is 2.22. The SMILES string of the molecule is CC(O)(CC1COCCN1)c1occc1C(=O)O. The van der Waals surface area contributed by atoms with Gasteiger partial charge in [0, 0.05) is 19.0 Å². The van der Waals surface area contributed by atoms with Crippen molar-refractivity contribution in [2.45, 2.75) is 25.0 Å². The zero-order valence-corrected chi connectivity index (χ0v) is 10.2. The molecule has 0 saturated carbocycles. The van der Waals surface area contributed by atoms with Crippen LogP contribution in [-0.4, -0.2) is 42.0 Å². The van der Waals surface area contributed by atoms with E-state index in [-0.39, 0.29) is 17.4 Å². The zero-order valence-electron chi connectivity index (χ0n) is 10.2. The number of rotatable bonds is 4. The first-order chi connectivity index (χ1) is 8.50. The van der Waals surface area contributed by atoms with E-state index in [4.69, 9.17) is 14.3 Å². The average Bonchev–Trinajstić information content (AvgIpc) is 2.79. The average molecular weight is 255 g/mol. The Morgan fingerprint density at radius 2 is 2.44 bits per heavy atom. The van der Waals surface area contributed by atoms with Crippen molar-refractivity contribution >= 4 is 5.97 Å². The lowest BCUT2D eigenvalue weighted by Gasteiger charge is -2.30. The van der Waals surface area contributed by atoms with E-state index >= 15 is 0 Å². The number of ether oxygens (including phenoxy) is 1. The van der Waals surface area contributed by atoms with E-state index in [2.05, 4.69) is 5.32 Å². The Morgan fingerprint density at radius 3 is 3.06 bits per heavy atom. The number of carboxylic acids is 1. The van der Waals surface area contributed by atoms with Crippen LogP contribution in [0.5, 0.6) is 0 Å². The number of aromatic carboxylic acids is 1. The molecule has 1 fully saturated rings.